The highest BCUT2D eigenvalue weighted by atomic mass is 16.5. The van der Waals surface area contributed by atoms with E-state index in [1.54, 1.807) is 6.07 Å². The van der Waals surface area contributed by atoms with E-state index in [0.717, 1.165) is 31.7 Å². The van der Waals surface area contributed by atoms with Crippen molar-refractivity contribution >= 4 is 23.2 Å². The van der Waals surface area contributed by atoms with Gasteiger partial charge < -0.3 is 15.4 Å². The summed E-state index contributed by atoms with van der Waals surface area (Å²) >= 11 is 0. The zero-order valence-corrected chi connectivity index (χ0v) is 21.8. The Bertz CT molecular complexity index is 1350. The minimum atomic E-state index is -0.635. The van der Waals surface area contributed by atoms with E-state index >= 15 is 0 Å². The van der Waals surface area contributed by atoms with Crippen LogP contribution in [0.15, 0.2) is 42.5 Å². The molecule has 0 saturated carbocycles. The van der Waals surface area contributed by atoms with Gasteiger partial charge in [-0.25, -0.2) is 14.8 Å². The second-order valence-corrected chi connectivity index (χ2v) is 10.2. The van der Waals surface area contributed by atoms with Crippen molar-refractivity contribution in [3.63, 3.8) is 0 Å². The first-order chi connectivity index (χ1) is 18.4. The number of amides is 2. The molecule has 1 aliphatic carbocycles. The van der Waals surface area contributed by atoms with E-state index in [0.29, 0.717) is 66.1 Å². The zero-order chi connectivity index (χ0) is 26.4. The van der Waals surface area contributed by atoms with Crippen molar-refractivity contribution in [3.05, 3.63) is 53.6 Å². The van der Waals surface area contributed by atoms with Crippen LogP contribution in [0.3, 0.4) is 0 Å². The van der Waals surface area contributed by atoms with Gasteiger partial charge in [0.2, 0.25) is 0 Å². The number of H-pyrrole nitrogens is 1. The van der Waals surface area contributed by atoms with Crippen LogP contribution in [0, 0.1) is 0 Å². The normalized spacial score (nSPS) is 18.1. The third-order valence-electron chi connectivity index (χ3n) is 7.79. The summed E-state index contributed by atoms with van der Waals surface area (Å²) in [5, 5.41) is 10.9. The summed E-state index contributed by atoms with van der Waals surface area (Å²) < 4.78 is 5.44. The number of fused-ring (bicyclic) bond motifs is 3. The van der Waals surface area contributed by atoms with Crippen LogP contribution in [0.5, 0.6) is 0 Å². The maximum atomic E-state index is 13.9. The van der Waals surface area contributed by atoms with Crippen molar-refractivity contribution in [2.45, 2.75) is 19.9 Å². The number of carbonyl (C=O) groups excluding carboxylic acids is 2. The number of aromatic nitrogens is 2. The molecule has 0 atom stereocenters. The topological polar surface area (TPSA) is 111 Å². The number of nitrogens with zero attached hydrogens (tertiary/aromatic N) is 5. The van der Waals surface area contributed by atoms with Gasteiger partial charge in [0.05, 0.1) is 35.7 Å². The van der Waals surface area contributed by atoms with E-state index in [2.05, 4.69) is 46.0 Å². The van der Waals surface area contributed by atoms with E-state index in [1.165, 1.54) is 10.7 Å². The summed E-state index contributed by atoms with van der Waals surface area (Å²) in [4.78, 5) is 31.3. The van der Waals surface area contributed by atoms with Gasteiger partial charge in [0.15, 0.2) is 5.78 Å². The van der Waals surface area contributed by atoms with Crippen molar-refractivity contribution in [3.8, 4) is 22.5 Å². The molecule has 38 heavy (non-hydrogen) atoms. The number of nitrogens with two attached hydrogens (primary N) is 1. The standard InChI is InChI=1S/C28H33N7O3/c1-18(2)32-10-12-33(13-11-32)20-8-6-19(7-9-20)25-24-26(31-30-25)21-4-3-5-22(23(21)27(24)36)35(28(29)37)34-14-16-38-17-15-34/h3-9,18H,10-17H2,1-2H3,(H2,29,37)(H,30,31). The maximum Gasteiger partial charge on any atom is 0.334 e. The Kier molecular flexibility index (Phi) is 6.38. The Morgan fingerprint density at radius 3 is 2.37 bits per heavy atom. The molecule has 0 unspecified atom stereocenters. The minimum Gasteiger partial charge on any atom is -0.379 e. The Morgan fingerprint density at radius 1 is 1.00 bits per heavy atom. The number of ketones is 1. The summed E-state index contributed by atoms with van der Waals surface area (Å²) in [6, 6.07) is 13.7. The first kappa shape index (κ1) is 24.6. The number of nitrogens with one attached hydrogen (secondary N) is 1. The Balaban J connectivity index is 1.29. The summed E-state index contributed by atoms with van der Waals surface area (Å²) in [7, 11) is 0. The van der Waals surface area contributed by atoms with Gasteiger partial charge in [0.1, 0.15) is 5.69 Å². The molecule has 3 aliphatic rings. The van der Waals surface area contributed by atoms with Crippen LogP contribution in [0.25, 0.3) is 22.5 Å². The van der Waals surface area contributed by atoms with Crippen molar-refractivity contribution in [2.75, 3.05) is 62.4 Å². The average molecular weight is 516 g/mol. The largest absolute Gasteiger partial charge is 0.379 e. The van der Waals surface area contributed by atoms with E-state index < -0.39 is 6.03 Å². The van der Waals surface area contributed by atoms with E-state index in [1.807, 2.05) is 29.3 Å². The van der Waals surface area contributed by atoms with Crippen LogP contribution in [0.1, 0.15) is 29.8 Å². The molecule has 2 aliphatic heterocycles. The third-order valence-corrected chi connectivity index (χ3v) is 7.79. The quantitative estimate of drug-likeness (QED) is 0.420. The van der Waals surface area contributed by atoms with Gasteiger partial charge in [0, 0.05) is 62.1 Å². The number of aromatic amines is 1. The van der Waals surface area contributed by atoms with Gasteiger partial charge in [-0.1, -0.05) is 24.3 Å². The smallest absolute Gasteiger partial charge is 0.334 e. The van der Waals surface area contributed by atoms with E-state index in [9.17, 15) is 9.59 Å². The number of benzene rings is 2. The Morgan fingerprint density at radius 2 is 1.71 bits per heavy atom. The molecule has 0 spiro atoms. The second-order valence-electron chi connectivity index (χ2n) is 10.2. The molecule has 3 heterocycles. The van der Waals surface area contributed by atoms with Crippen LogP contribution in [-0.2, 0) is 4.74 Å². The predicted molar refractivity (Wildman–Crippen MR) is 146 cm³/mol. The number of rotatable bonds is 5. The van der Waals surface area contributed by atoms with Crippen molar-refractivity contribution in [2.24, 2.45) is 5.73 Å². The van der Waals surface area contributed by atoms with Crippen LogP contribution in [0.2, 0.25) is 0 Å². The summed E-state index contributed by atoms with van der Waals surface area (Å²) in [6.45, 7) is 10.6. The average Bonchev–Trinajstić information content (AvgIpc) is 3.49. The lowest BCUT2D eigenvalue weighted by Gasteiger charge is -2.38. The fourth-order valence-corrected chi connectivity index (χ4v) is 5.74. The number of hydrazine groups is 1. The molecule has 2 amide bonds. The van der Waals surface area contributed by atoms with Crippen molar-refractivity contribution in [1.82, 2.24) is 20.1 Å². The highest BCUT2D eigenvalue weighted by Gasteiger charge is 2.38. The SMILES string of the molecule is CC(C)N1CCN(c2ccc(-c3[nH]nc4c3C(=O)c3c-4cccc3N(C(N)=O)N3CCOCC3)cc2)CC1. The number of carbonyl (C=O) groups is 2. The van der Waals surface area contributed by atoms with Crippen LogP contribution >= 0.6 is 0 Å². The van der Waals surface area contributed by atoms with E-state index in [4.69, 9.17) is 10.5 Å². The van der Waals surface area contributed by atoms with Crippen LogP contribution < -0.4 is 15.6 Å². The molecule has 0 radical (unpaired) electrons. The Hall–Kier alpha value is -3.73. The predicted octanol–water partition coefficient (Wildman–Crippen LogP) is 2.95. The first-order valence-corrected chi connectivity index (χ1v) is 13.2. The summed E-state index contributed by atoms with van der Waals surface area (Å²) in [5.41, 5.74) is 11.3. The molecule has 3 aromatic rings. The van der Waals surface area contributed by atoms with Crippen LogP contribution in [-0.4, -0.2) is 90.4 Å². The fraction of sp³-hybridized carbons (Fsp3) is 0.393. The molecular weight excluding hydrogens is 482 g/mol. The summed E-state index contributed by atoms with van der Waals surface area (Å²) in [5.74, 6) is -0.164. The number of ether oxygens (including phenoxy) is 1. The monoisotopic (exact) mass is 515 g/mol. The maximum absolute atomic E-state index is 13.9. The summed E-state index contributed by atoms with van der Waals surface area (Å²) in [6.07, 6.45) is 0. The van der Waals surface area contributed by atoms with Gasteiger partial charge >= 0.3 is 6.03 Å². The highest BCUT2D eigenvalue weighted by molar-refractivity contribution is 6.27. The number of hydrogen-bond donors (Lipinski definition) is 2. The molecule has 2 fully saturated rings. The van der Waals surface area contributed by atoms with Crippen molar-refractivity contribution < 1.29 is 14.3 Å². The van der Waals surface area contributed by atoms with Gasteiger partial charge in [-0.15, -0.1) is 0 Å². The van der Waals surface area contributed by atoms with Crippen molar-refractivity contribution in [1.29, 1.82) is 0 Å². The fourth-order valence-electron chi connectivity index (χ4n) is 5.74. The van der Waals surface area contributed by atoms with Gasteiger partial charge in [-0.2, -0.15) is 5.10 Å². The molecule has 3 N–H and O–H groups in total. The lowest BCUT2D eigenvalue weighted by molar-refractivity contribution is 0.0364. The molecule has 198 valence electrons. The lowest BCUT2D eigenvalue weighted by atomic mass is 10.0. The molecule has 2 saturated heterocycles. The number of primary amides is 1. The van der Waals surface area contributed by atoms with E-state index in [-0.39, 0.29) is 5.78 Å². The zero-order valence-electron chi connectivity index (χ0n) is 21.8. The van der Waals surface area contributed by atoms with Gasteiger partial charge in [-0.3, -0.25) is 14.8 Å². The molecule has 6 rings (SSSR count). The van der Waals surface area contributed by atoms with Crippen LogP contribution in [0.4, 0.5) is 16.2 Å². The molecular formula is C28H33N7O3. The number of anilines is 2. The lowest BCUT2D eigenvalue weighted by Crippen LogP contribution is -2.54. The molecule has 10 heteroatoms. The van der Waals surface area contributed by atoms with Gasteiger partial charge in [-0.05, 0) is 32.0 Å². The Labute approximate surface area is 221 Å². The number of piperazine rings is 1. The highest BCUT2D eigenvalue weighted by Crippen LogP contribution is 2.44. The number of urea groups is 1. The first-order valence-electron chi connectivity index (χ1n) is 13.2. The minimum absolute atomic E-state index is 0.164. The number of morpholine rings is 1. The number of hydrogen-bond acceptors (Lipinski definition) is 7. The molecule has 0 bridgehead atoms. The third kappa shape index (κ3) is 4.14. The second kappa shape index (κ2) is 9.86. The molecule has 2 aromatic carbocycles. The molecule has 1 aromatic heterocycles. The molecule has 10 nitrogen and oxygen atoms in total. The van der Waals surface area contributed by atoms with Gasteiger partial charge in [0.25, 0.3) is 0 Å².